The highest BCUT2D eigenvalue weighted by Gasteiger charge is 2.09. The van der Waals surface area contributed by atoms with E-state index >= 15 is 0 Å². The third-order valence-corrected chi connectivity index (χ3v) is 4.95. The first-order valence-electron chi connectivity index (χ1n) is 7.00. The number of Topliss-reactive ketones (excluding diaryl/α,β-unsaturated/α-hetero) is 1. The van der Waals surface area contributed by atoms with E-state index in [1.165, 1.54) is 35.4 Å². The van der Waals surface area contributed by atoms with Crippen LogP contribution >= 0.6 is 23.1 Å². The summed E-state index contributed by atoms with van der Waals surface area (Å²) < 4.78 is 0. The van der Waals surface area contributed by atoms with Crippen molar-refractivity contribution < 1.29 is 9.59 Å². The number of carbonyl (C=O) groups excluding carboxylic acids is 2. The average molecular weight is 342 g/mol. The number of rotatable bonds is 5. The molecule has 6 heteroatoms. The minimum atomic E-state index is -0.132. The van der Waals surface area contributed by atoms with Crippen LogP contribution in [0.3, 0.4) is 0 Å². The predicted molar refractivity (Wildman–Crippen MR) is 95.4 cm³/mol. The van der Waals surface area contributed by atoms with E-state index in [-0.39, 0.29) is 11.7 Å². The molecule has 3 rings (SSSR count). The second-order valence-corrected chi connectivity index (χ2v) is 6.85. The zero-order chi connectivity index (χ0) is 16.2. The molecule has 4 nitrogen and oxygen atoms in total. The fraction of sp³-hybridized carbons (Fsp3) is 0.118. The van der Waals surface area contributed by atoms with Gasteiger partial charge in [-0.25, -0.2) is 4.98 Å². The van der Waals surface area contributed by atoms with Gasteiger partial charge in [-0.3, -0.25) is 9.59 Å². The van der Waals surface area contributed by atoms with Gasteiger partial charge in [-0.1, -0.05) is 30.3 Å². The van der Waals surface area contributed by atoms with E-state index in [0.717, 1.165) is 10.3 Å². The SMILES string of the molecule is CC(=O)c1csc(NC(=O)CSc2ccc3ccccc3c2)n1. The molecule has 0 spiro atoms. The van der Waals surface area contributed by atoms with Crippen molar-refractivity contribution in [3.63, 3.8) is 0 Å². The van der Waals surface area contributed by atoms with Gasteiger partial charge >= 0.3 is 0 Å². The van der Waals surface area contributed by atoms with Crippen LogP contribution in [0.1, 0.15) is 17.4 Å². The van der Waals surface area contributed by atoms with Gasteiger partial charge in [0.05, 0.1) is 5.75 Å². The van der Waals surface area contributed by atoms with Crippen molar-refractivity contribution in [3.05, 3.63) is 53.5 Å². The van der Waals surface area contributed by atoms with Crippen LogP contribution in [0.4, 0.5) is 5.13 Å². The number of ketones is 1. The summed E-state index contributed by atoms with van der Waals surface area (Å²) in [5, 5.41) is 7.16. The molecule has 23 heavy (non-hydrogen) atoms. The molecule has 0 atom stereocenters. The van der Waals surface area contributed by atoms with Crippen molar-refractivity contribution in [2.45, 2.75) is 11.8 Å². The number of benzene rings is 2. The van der Waals surface area contributed by atoms with Crippen molar-refractivity contribution in [2.75, 3.05) is 11.1 Å². The van der Waals surface area contributed by atoms with Crippen LogP contribution < -0.4 is 5.32 Å². The highest BCUT2D eigenvalue weighted by molar-refractivity contribution is 8.00. The lowest BCUT2D eigenvalue weighted by Gasteiger charge is -2.04. The Labute approximate surface area is 141 Å². The number of fused-ring (bicyclic) bond motifs is 1. The van der Waals surface area contributed by atoms with E-state index in [1.807, 2.05) is 18.2 Å². The Hall–Kier alpha value is -2.18. The smallest absolute Gasteiger partial charge is 0.236 e. The van der Waals surface area contributed by atoms with Crippen LogP contribution in [0, 0.1) is 0 Å². The molecule has 1 heterocycles. The molecule has 0 bridgehead atoms. The van der Waals surface area contributed by atoms with Crippen LogP contribution in [0.25, 0.3) is 10.8 Å². The zero-order valence-corrected chi connectivity index (χ0v) is 14.0. The van der Waals surface area contributed by atoms with Gasteiger partial charge < -0.3 is 5.32 Å². The topological polar surface area (TPSA) is 59.1 Å². The van der Waals surface area contributed by atoms with Crippen molar-refractivity contribution in [1.82, 2.24) is 4.98 Å². The van der Waals surface area contributed by atoms with E-state index in [1.54, 1.807) is 5.38 Å². The number of aromatic nitrogens is 1. The normalized spacial score (nSPS) is 10.7. The van der Waals surface area contributed by atoms with Gasteiger partial charge in [0.15, 0.2) is 10.9 Å². The zero-order valence-electron chi connectivity index (χ0n) is 12.4. The molecule has 1 amide bonds. The van der Waals surface area contributed by atoms with Gasteiger partial charge in [0.1, 0.15) is 5.69 Å². The molecule has 0 fully saturated rings. The molecule has 0 aliphatic carbocycles. The molecule has 0 radical (unpaired) electrons. The van der Waals surface area contributed by atoms with Crippen LogP contribution in [-0.2, 0) is 4.79 Å². The Morgan fingerprint density at radius 2 is 1.96 bits per heavy atom. The predicted octanol–water partition coefficient (Wildman–Crippen LogP) is 4.23. The lowest BCUT2D eigenvalue weighted by atomic mass is 10.1. The van der Waals surface area contributed by atoms with E-state index < -0.39 is 0 Å². The summed E-state index contributed by atoms with van der Waals surface area (Å²) in [5.41, 5.74) is 0.382. The third-order valence-electron chi connectivity index (χ3n) is 3.20. The molecule has 0 unspecified atom stereocenters. The quantitative estimate of drug-likeness (QED) is 0.557. The Morgan fingerprint density at radius 1 is 1.17 bits per heavy atom. The molecule has 1 N–H and O–H groups in total. The molecule has 116 valence electrons. The number of thiazole rings is 1. The van der Waals surface area contributed by atoms with Crippen LogP contribution in [0.5, 0.6) is 0 Å². The minimum Gasteiger partial charge on any atom is -0.301 e. The minimum absolute atomic E-state index is 0.104. The monoisotopic (exact) mass is 342 g/mol. The van der Waals surface area contributed by atoms with Crippen molar-refractivity contribution in [2.24, 2.45) is 0 Å². The number of carbonyl (C=O) groups is 2. The molecule has 0 aliphatic rings. The summed E-state index contributed by atoms with van der Waals surface area (Å²) in [7, 11) is 0. The van der Waals surface area contributed by atoms with Gasteiger partial charge in [-0.15, -0.1) is 23.1 Å². The fourth-order valence-electron chi connectivity index (χ4n) is 2.05. The highest BCUT2D eigenvalue weighted by atomic mass is 32.2. The van der Waals surface area contributed by atoms with E-state index in [0.29, 0.717) is 16.6 Å². The number of nitrogens with zero attached hydrogens (tertiary/aromatic N) is 1. The Balaban J connectivity index is 1.60. The Bertz CT molecular complexity index is 874. The number of anilines is 1. The maximum absolute atomic E-state index is 12.0. The standard InChI is InChI=1S/C17H14N2O2S2/c1-11(20)15-9-23-17(18-15)19-16(21)10-22-14-7-6-12-4-2-3-5-13(12)8-14/h2-9H,10H2,1H3,(H,18,19,21). The Kier molecular flexibility index (Phi) is 4.73. The van der Waals surface area contributed by atoms with Crippen LogP contribution in [0.15, 0.2) is 52.7 Å². The van der Waals surface area contributed by atoms with Gasteiger partial charge in [0.25, 0.3) is 0 Å². The summed E-state index contributed by atoms with van der Waals surface area (Å²) in [4.78, 5) is 28.3. The second kappa shape index (κ2) is 6.93. The molecule has 1 aromatic heterocycles. The molecule has 0 saturated heterocycles. The summed E-state index contributed by atoms with van der Waals surface area (Å²) >= 11 is 2.73. The molecule has 2 aromatic carbocycles. The van der Waals surface area contributed by atoms with Crippen molar-refractivity contribution >= 4 is 50.7 Å². The molecule has 0 aliphatic heterocycles. The first kappa shape index (κ1) is 15.7. The van der Waals surface area contributed by atoms with Gasteiger partial charge in [0.2, 0.25) is 5.91 Å². The third kappa shape index (κ3) is 3.97. The summed E-state index contributed by atoms with van der Waals surface area (Å²) in [6.07, 6.45) is 0. The number of hydrogen-bond donors (Lipinski definition) is 1. The van der Waals surface area contributed by atoms with E-state index in [4.69, 9.17) is 0 Å². The van der Waals surface area contributed by atoms with Gasteiger partial charge in [0, 0.05) is 17.2 Å². The lowest BCUT2D eigenvalue weighted by Crippen LogP contribution is -2.14. The number of amides is 1. The maximum Gasteiger partial charge on any atom is 0.236 e. The lowest BCUT2D eigenvalue weighted by molar-refractivity contribution is -0.113. The fourth-order valence-corrected chi connectivity index (χ4v) is 3.56. The van der Waals surface area contributed by atoms with Crippen LogP contribution in [-0.4, -0.2) is 22.4 Å². The number of hydrogen-bond acceptors (Lipinski definition) is 5. The largest absolute Gasteiger partial charge is 0.301 e. The van der Waals surface area contributed by atoms with Crippen molar-refractivity contribution in [3.8, 4) is 0 Å². The van der Waals surface area contributed by atoms with Crippen LogP contribution in [0.2, 0.25) is 0 Å². The second-order valence-electron chi connectivity index (χ2n) is 4.94. The maximum atomic E-state index is 12.0. The molecular formula is C17H14N2O2S2. The molecule has 0 saturated carbocycles. The first-order chi connectivity index (χ1) is 11.1. The molecule has 3 aromatic rings. The van der Waals surface area contributed by atoms with Gasteiger partial charge in [-0.2, -0.15) is 0 Å². The summed E-state index contributed by atoms with van der Waals surface area (Å²) in [5.74, 6) is 0.0627. The summed E-state index contributed by atoms with van der Waals surface area (Å²) in [6.45, 7) is 1.45. The van der Waals surface area contributed by atoms with E-state index in [2.05, 4.69) is 34.6 Å². The average Bonchev–Trinajstić information content (AvgIpc) is 3.01. The molecular weight excluding hydrogens is 328 g/mol. The number of thioether (sulfide) groups is 1. The first-order valence-corrected chi connectivity index (χ1v) is 8.86. The van der Waals surface area contributed by atoms with Gasteiger partial charge in [-0.05, 0) is 22.9 Å². The Morgan fingerprint density at radius 3 is 2.70 bits per heavy atom. The number of nitrogens with one attached hydrogen (secondary N) is 1. The van der Waals surface area contributed by atoms with Crippen molar-refractivity contribution in [1.29, 1.82) is 0 Å². The van der Waals surface area contributed by atoms with E-state index in [9.17, 15) is 9.59 Å². The summed E-state index contributed by atoms with van der Waals surface area (Å²) in [6, 6.07) is 14.3. The highest BCUT2D eigenvalue weighted by Crippen LogP contribution is 2.24.